The van der Waals surface area contributed by atoms with Gasteiger partial charge in [0.25, 0.3) is 0 Å². The molecule has 1 heterocycles. The highest BCUT2D eigenvalue weighted by molar-refractivity contribution is 6.31. The SMILES string of the molecule is CCNC(c1ncccc1Cl)C(C)(C)C. The van der Waals surface area contributed by atoms with E-state index in [9.17, 15) is 0 Å². The van der Waals surface area contributed by atoms with Crippen LogP contribution in [0.2, 0.25) is 5.02 Å². The van der Waals surface area contributed by atoms with Crippen LogP contribution < -0.4 is 5.32 Å². The topological polar surface area (TPSA) is 24.9 Å². The highest BCUT2D eigenvalue weighted by Gasteiger charge is 2.27. The van der Waals surface area contributed by atoms with Crippen LogP contribution >= 0.6 is 11.6 Å². The molecular weight excluding hydrogens is 208 g/mol. The lowest BCUT2D eigenvalue weighted by molar-refractivity contribution is 0.271. The smallest absolute Gasteiger partial charge is 0.0764 e. The molecule has 0 aliphatic carbocycles. The van der Waals surface area contributed by atoms with Crippen LogP contribution in [-0.2, 0) is 0 Å². The molecule has 2 nitrogen and oxygen atoms in total. The molecule has 0 aliphatic heterocycles. The molecule has 1 N–H and O–H groups in total. The summed E-state index contributed by atoms with van der Waals surface area (Å²) in [5, 5.41) is 4.17. The predicted octanol–water partition coefficient (Wildman–Crippen LogP) is 3.43. The molecule has 15 heavy (non-hydrogen) atoms. The molecule has 3 heteroatoms. The van der Waals surface area contributed by atoms with E-state index in [1.54, 1.807) is 6.20 Å². The molecule has 0 fully saturated rings. The Morgan fingerprint density at radius 3 is 2.60 bits per heavy atom. The fraction of sp³-hybridized carbons (Fsp3) is 0.583. The van der Waals surface area contributed by atoms with Crippen molar-refractivity contribution in [3.05, 3.63) is 29.0 Å². The monoisotopic (exact) mass is 226 g/mol. The Bertz CT molecular complexity index is 318. The van der Waals surface area contributed by atoms with Gasteiger partial charge in [-0.1, -0.05) is 39.3 Å². The first-order valence-corrected chi connectivity index (χ1v) is 5.68. The van der Waals surface area contributed by atoms with E-state index in [2.05, 4.69) is 38.0 Å². The Labute approximate surface area is 97.1 Å². The lowest BCUT2D eigenvalue weighted by atomic mass is 9.84. The number of hydrogen-bond acceptors (Lipinski definition) is 2. The average molecular weight is 227 g/mol. The van der Waals surface area contributed by atoms with Crippen molar-refractivity contribution in [1.29, 1.82) is 0 Å². The molecule has 1 aromatic heterocycles. The number of aromatic nitrogens is 1. The Balaban J connectivity index is 3.05. The summed E-state index contributed by atoms with van der Waals surface area (Å²) in [4.78, 5) is 4.37. The highest BCUT2D eigenvalue weighted by Crippen LogP contribution is 2.34. The zero-order valence-electron chi connectivity index (χ0n) is 9.84. The van der Waals surface area contributed by atoms with Crippen LogP contribution in [-0.4, -0.2) is 11.5 Å². The number of hydrogen-bond donors (Lipinski definition) is 1. The van der Waals surface area contributed by atoms with Crippen LogP contribution in [0.4, 0.5) is 0 Å². The van der Waals surface area contributed by atoms with Crippen molar-refractivity contribution in [3.63, 3.8) is 0 Å². The molecule has 1 unspecified atom stereocenters. The molecule has 1 aromatic rings. The van der Waals surface area contributed by atoms with Gasteiger partial charge in [0, 0.05) is 6.20 Å². The second-order valence-corrected chi connectivity index (χ2v) is 5.13. The van der Waals surface area contributed by atoms with Gasteiger partial charge in [0.1, 0.15) is 0 Å². The Kier molecular flexibility index (Phi) is 4.12. The van der Waals surface area contributed by atoms with Gasteiger partial charge in [-0.05, 0) is 24.1 Å². The van der Waals surface area contributed by atoms with E-state index in [1.807, 2.05) is 12.1 Å². The molecule has 84 valence electrons. The number of nitrogens with one attached hydrogen (secondary N) is 1. The first-order valence-electron chi connectivity index (χ1n) is 5.30. The molecule has 0 amide bonds. The Morgan fingerprint density at radius 2 is 2.13 bits per heavy atom. The highest BCUT2D eigenvalue weighted by atomic mass is 35.5. The largest absolute Gasteiger partial charge is 0.308 e. The molecule has 0 aliphatic rings. The van der Waals surface area contributed by atoms with E-state index in [-0.39, 0.29) is 11.5 Å². The third-order valence-electron chi connectivity index (χ3n) is 2.33. The molecule has 0 saturated carbocycles. The van der Waals surface area contributed by atoms with Gasteiger partial charge in [-0.15, -0.1) is 0 Å². The minimum absolute atomic E-state index is 0.105. The van der Waals surface area contributed by atoms with E-state index in [0.717, 1.165) is 17.3 Å². The summed E-state index contributed by atoms with van der Waals surface area (Å²) in [6.07, 6.45) is 1.79. The number of nitrogens with zero attached hydrogens (tertiary/aromatic N) is 1. The maximum atomic E-state index is 6.16. The summed E-state index contributed by atoms with van der Waals surface area (Å²) in [6.45, 7) is 9.56. The first-order chi connectivity index (χ1) is 6.96. The molecule has 0 radical (unpaired) electrons. The van der Waals surface area contributed by atoms with Crippen molar-refractivity contribution in [2.24, 2.45) is 5.41 Å². The summed E-state index contributed by atoms with van der Waals surface area (Å²) < 4.78 is 0. The van der Waals surface area contributed by atoms with Crippen molar-refractivity contribution in [3.8, 4) is 0 Å². The lowest BCUT2D eigenvalue weighted by Crippen LogP contribution is -2.33. The van der Waals surface area contributed by atoms with Crippen molar-refractivity contribution >= 4 is 11.6 Å². The number of rotatable bonds is 3. The van der Waals surface area contributed by atoms with Crippen LogP contribution in [0.15, 0.2) is 18.3 Å². The van der Waals surface area contributed by atoms with E-state index >= 15 is 0 Å². The summed E-state index contributed by atoms with van der Waals surface area (Å²) in [5.41, 5.74) is 1.04. The van der Waals surface area contributed by atoms with Crippen molar-refractivity contribution in [2.75, 3.05) is 6.54 Å². The van der Waals surface area contributed by atoms with Crippen LogP contribution in [0.5, 0.6) is 0 Å². The number of pyridine rings is 1. The molecule has 0 saturated heterocycles. The van der Waals surface area contributed by atoms with Gasteiger partial charge < -0.3 is 5.32 Å². The zero-order chi connectivity index (χ0) is 11.5. The van der Waals surface area contributed by atoms with Crippen LogP contribution in [0.3, 0.4) is 0 Å². The van der Waals surface area contributed by atoms with E-state index < -0.39 is 0 Å². The van der Waals surface area contributed by atoms with Gasteiger partial charge in [-0.25, -0.2) is 0 Å². The summed E-state index contributed by atoms with van der Waals surface area (Å²) in [6, 6.07) is 3.94. The third-order valence-corrected chi connectivity index (χ3v) is 2.65. The maximum Gasteiger partial charge on any atom is 0.0764 e. The minimum Gasteiger partial charge on any atom is -0.308 e. The lowest BCUT2D eigenvalue weighted by Gasteiger charge is -2.31. The van der Waals surface area contributed by atoms with E-state index in [4.69, 9.17) is 11.6 Å². The van der Waals surface area contributed by atoms with Gasteiger partial charge in [0.2, 0.25) is 0 Å². The quantitative estimate of drug-likeness (QED) is 0.854. The summed E-state index contributed by atoms with van der Waals surface area (Å²) in [7, 11) is 0. The molecule has 0 aromatic carbocycles. The molecular formula is C12H19ClN2. The van der Waals surface area contributed by atoms with Gasteiger partial charge in [-0.3, -0.25) is 4.98 Å². The number of halogens is 1. The van der Waals surface area contributed by atoms with Crippen molar-refractivity contribution < 1.29 is 0 Å². The minimum atomic E-state index is 0.105. The predicted molar refractivity (Wildman–Crippen MR) is 65.1 cm³/mol. The maximum absolute atomic E-state index is 6.16. The average Bonchev–Trinajstić information content (AvgIpc) is 2.14. The van der Waals surface area contributed by atoms with E-state index in [1.165, 1.54) is 0 Å². The van der Waals surface area contributed by atoms with Crippen LogP contribution in [0, 0.1) is 5.41 Å². The van der Waals surface area contributed by atoms with Crippen LogP contribution in [0.25, 0.3) is 0 Å². The zero-order valence-corrected chi connectivity index (χ0v) is 10.6. The van der Waals surface area contributed by atoms with Crippen molar-refractivity contribution in [2.45, 2.75) is 33.7 Å². The molecule has 0 spiro atoms. The molecule has 0 bridgehead atoms. The van der Waals surface area contributed by atoms with Gasteiger partial charge in [0.15, 0.2) is 0 Å². The normalized spacial score (nSPS) is 13.9. The summed E-state index contributed by atoms with van der Waals surface area (Å²) >= 11 is 6.16. The fourth-order valence-corrected chi connectivity index (χ4v) is 1.86. The first kappa shape index (κ1) is 12.5. The second-order valence-electron chi connectivity index (χ2n) is 4.73. The fourth-order valence-electron chi connectivity index (χ4n) is 1.63. The van der Waals surface area contributed by atoms with Crippen molar-refractivity contribution in [1.82, 2.24) is 10.3 Å². The Hall–Kier alpha value is -0.600. The van der Waals surface area contributed by atoms with Crippen LogP contribution in [0.1, 0.15) is 39.4 Å². The van der Waals surface area contributed by atoms with Gasteiger partial charge in [-0.2, -0.15) is 0 Å². The van der Waals surface area contributed by atoms with Gasteiger partial charge >= 0.3 is 0 Å². The summed E-state index contributed by atoms with van der Waals surface area (Å²) in [5.74, 6) is 0. The van der Waals surface area contributed by atoms with Gasteiger partial charge in [0.05, 0.1) is 16.8 Å². The molecule has 1 rings (SSSR count). The molecule has 1 atom stereocenters. The third kappa shape index (κ3) is 3.18. The second kappa shape index (κ2) is 4.95. The Morgan fingerprint density at radius 1 is 1.47 bits per heavy atom. The van der Waals surface area contributed by atoms with E-state index in [0.29, 0.717) is 0 Å². The standard InChI is InChI=1S/C12H19ClN2/c1-5-14-11(12(2,3)4)10-9(13)7-6-8-15-10/h6-8,11,14H,5H2,1-4H3.